The van der Waals surface area contributed by atoms with Crippen LogP contribution in [0.3, 0.4) is 0 Å². The van der Waals surface area contributed by atoms with Gasteiger partial charge in [-0.05, 0) is 110 Å². The summed E-state index contributed by atoms with van der Waals surface area (Å²) in [5.41, 5.74) is 19.4. The second-order valence-corrected chi connectivity index (χ2v) is 20.6. The molecule has 0 saturated carbocycles. The van der Waals surface area contributed by atoms with Crippen LogP contribution in [0.25, 0.3) is 103 Å². The second kappa shape index (κ2) is 15.8. The van der Waals surface area contributed by atoms with Gasteiger partial charge in [0.05, 0.1) is 38.2 Å². The number of benzene rings is 11. The van der Waals surface area contributed by atoms with Gasteiger partial charge in [-0.25, -0.2) is 9.97 Å². The smallest absolute Gasteiger partial charge is 0.235 e. The molecule has 0 saturated heterocycles. The molecule has 11 aromatic carbocycles. The Hall–Kier alpha value is -9.42. The lowest BCUT2D eigenvalue weighted by Gasteiger charge is -2.32. The number of rotatable bonds is 6. The number of nitrogens with zero attached hydrogens (tertiary/aromatic N) is 4. The molecule has 0 amide bonds. The zero-order valence-corrected chi connectivity index (χ0v) is 40.8. The highest BCUT2D eigenvalue weighted by Gasteiger charge is 2.51. The maximum absolute atomic E-state index is 5.42. The summed E-state index contributed by atoms with van der Waals surface area (Å²) < 4.78 is 4.76. The number of para-hydroxylation sites is 1. The fourth-order valence-corrected chi connectivity index (χ4v) is 14.0. The quantitative estimate of drug-likeness (QED) is 0.167. The van der Waals surface area contributed by atoms with E-state index >= 15 is 0 Å². The fourth-order valence-electron chi connectivity index (χ4n) is 12.8. The Morgan fingerprint density at radius 1 is 0.378 bits per heavy atom. The molecule has 2 aliphatic rings. The van der Waals surface area contributed by atoms with E-state index in [1.807, 2.05) is 11.3 Å². The van der Waals surface area contributed by atoms with Crippen molar-refractivity contribution in [2.45, 2.75) is 5.41 Å². The first-order chi connectivity index (χ1) is 36.7. The molecule has 4 nitrogen and oxygen atoms in total. The molecule has 344 valence electrons. The number of anilines is 3. The van der Waals surface area contributed by atoms with Gasteiger partial charge in [0.15, 0.2) is 0 Å². The van der Waals surface area contributed by atoms with Crippen molar-refractivity contribution in [3.63, 3.8) is 0 Å². The van der Waals surface area contributed by atoms with Crippen LogP contribution in [0.15, 0.2) is 255 Å². The van der Waals surface area contributed by atoms with Crippen LogP contribution in [-0.4, -0.2) is 14.5 Å². The molecule has 0 fully saturated rings. The number of hydrogen-bond donors (Lipinski definition) is 0. The first-order valence-electron chi connectivity index (χ1n) is 25.3. The van der Waals surface area contributed by atoms with Crippen molar-refractivity contribution in [3.8, 4) is 50.7 Å². The van der Waals surface area contributed by atoms with E-state index in [0.717, 1.165) is 50.6 Å². The lowest BCUT2D eigenvalue weighted by atomic mass is 9.70. The highest BCUT2D eigenvalue weighted by Crippen LogP contribution is 2.63. The normalized spacial score (nSPS) is 13.0. The van der Waals surface area contributed by atoms with Crippen molar-refractivity contribution in [1.29, 1.82) is 0 Å². The van der Waals surface area contributed by atoms with E-state index < -0.39 is 5.41 Å². The number of fused-ring (bicyclic) bond motifs is 19. The minimum atomic E-state index is -0.462. The van der Waals surface area contributed by atoms with E-state index in [0.29, 0.717) is 5.95 Å². The van der Waals surface area contributed by atoms with E-state index in [4.69, 9.17) is 9.97 Å². The Balaban J connectivity index is 0.961. The fraction of sp³-hybridized carbons (Fsp3) is 0.0145. The molecule has 0 bridgehead atoms. The number of thiophene rings is 1. The third kappa shape index (κ3) is 5.73. The SMILES string of the molecule is c1ccc(-c2cc(-c3ccccc3)nc(-n3c4ccc5ccccc5c4c4c5c(ccc43)sc3c(N(c4ccccc4)c4ccc6c(c4)C4(c7ccccc7-c7ccccc74)c4ccccc4-6)cccc35)n2)cc1. The second-order valence-electron chi connectivity index (χ2n) is 19.6. The molecule has 16 rings (SSSR count). The molecule has 0 aliphatic heterocycles. The van der Waals surface area contributed by atoms with E-state index in [2.05, 4.69) is 264 Å². The molecule has 74 heavy (non-hydrogen) atoms. The van der Waals surface area contributed by atoms with Crippen LogP contribution in [0.2, 0.25) is 0 Å². The molecule has 0 atom stereocenters. The first kappa shape index (κ1) is 41.2. The molecule has 0 N–H and O–H groups in total. The van der Waals surface area contributed by atoms with Crippen molar-refractivity contribution in [2.24, 2.45) is 0 Å². The van der Waals surface area contributed by atoms with Crippen LogP contribution in [-0.2, 0) is 5.41 Å². The summed E-state index contributed by atoms with van der Waals surface area (Å²) in [6.45, 7) is 0. The van der Waals surface area contributed by atoms with Crippen molar-refractivity contribution in [2.75, 3.05) is 4.90 Å². The molecular formula is C69H42N4S. The summed E-state index contributed by atoms with van der Waals surface area (Å²) in [4.78, 5) is 13.3. The predicted octanol–water partition coefficient (Wildman–Crippen LogP) is 18.2. The Morgan fingerprint density at radius 2 is 0.919 bits per heavy atom. The van der Waals surface area contributed by atoms with Gasteiger partial charge < -0.3 is 4.90 Å². The Kier molecular flexibility index (Phi) is 8.80. The summed E-state index contributed by atoms with van der Waals surface area (Å²) >= 11 is 1.87. The summed E-state index contributed by atoms with van der Waals surface area (Å²) in [5, 5.41) is 7.25. The van der Waals surface area contributed by atoms with E-state index in [1.165, 1.54) is 86.2 Å². The maximum Gasteiger partial charge on any atom is 0.235 e. The van der Waals surface area contributed by atoms with Gasteiger partial charge in [-0.15, -0.1) is 11.3 Å². The van der Waals surface area contributed by atoms with Gasteiger partial charge in [0, 0.05) is 48.7 Å². The summed E-state index contributed by atoms with van der Waals surface area (Å²) in [6.07, 6.45) is 0. The minimum Gasteiger partial charge on any atom is -0.309 e. The number of aromatic nitrogens is 3. The van der Waals surface area contributed by atoms with E-state index in [9.17, 15) is 0 Å². The van der Waals surface area contributed by atoms with Gasteiger partial charge in [0.2, 0.25) is 5.95 Å². The van der Waals surface area contributed by atoms with E-state index in [-0.39, 0.29) is 0 Å². The molecule has 2 aliphatic carbocycles. The van der Waals surface area contributed by atoms with Crippen molar-refractivity contribution in [3.05, 3.63) is 277 Å². The molecule has 0 unspecified atom stereocenters. The summed E-state index contributed by atoms with van der Waals surface area (Å²) in [7, 11) is 0. The van der Waals surface area contributed by atoms with Crippen LogP contribution in [0.1, 0.15) is 22.3 Å². The largest absolute Gasteiger partial charge is 0.309 e. The van der Waals surface area contributed by atoms with Crippen LogP contribution < -0.4 is 4.90 Å². The van der Waals surface area contributed by atoms with Crippen molar-refractivity contribution in [1.82, 2.24) is 14.5 Å². The Morgan fingerprint density at radius 3 is 1.58 bits per heavy atom. The zero-order chi connectivity index (χ0) is 48.5. The maximum atomic E-state index is 5.42. The topological polar surface area (TPSA) is 34.0 Å². The highest BCUT2D eigenvalue weighted by molar-refractivity contribution is 7.26. The van der Waals surface area contributed by atoms with Crippen LogP contribution in [0.5, 0.6) is 0 Å². The standard InChI is InChI=1S/C69H42N4S/c1-4-20-44(21-5-1)58-42-59(45-22-6-2-7-23-45)71-68(70-58)73-60-38-35-43-19-10-11-26-48(43)64(60)66-61(73)39-40-63-65(66)53-30-18-34-62(67(53)74-63)72(46-24-8-3-9-25-46)47-36-37-52-51-29-14-17-33-56(51)69(57(52)41-47)54-31-15-12-27-49(54)50-28-13-16-32-55(50)69/h1-42H. The molecule has 3 heterocycles. The zero-order valence-electron chi connectivity index (χ0n) is 39.9. The van der Waals surface area contributed by atoms with Gasteiger partial charge in [0.25, 0.3) is 0 Å². The first-order valence-corrected chi connectivity index (χ1v) is 26.1. The Labute approximate surface area is 431 Å². The van der Waals surface area contributed by atoms with Gasteiger partial charge in [-0.3, -0.25) is 4.57 Å². The van der Waals surface area contributed by atoms with Crippen molar-refractivity contribution < 1.29 is 0 Å². The monoisotopic (exact) mass is 958 g/mol. The molecule has 14 aromatic rings. The van der Waals surface area contributed by atoms with Crippen LogP contribution in [0.4, 0.5) is 17.1 Å². The average Bonchev–Trinajstić information content (AvgIpc) is 4.22. The van der Waals surface area contributed by atoms with Crippen LogP contribution >= 0.6 is 11.3 Å². The summed E-state index contributed by atoms with van der Waals surface area (Å²) in [6, 6.07) is 93.2. The van der Waals surface area contributed by atoms with Crippen LogP contribution in [0, 0.1) is 0 Å². The van der Waals surface area contributed by atoms with Gasteiger partial charge in [-0.2, -0.15) is 0 Å². The Bertz CT molecular complexity index is 4490. The third-order valence-electron chi connectivity index (χ3n) is 15.8. The van der Waals surface area contributed by atoms with E-state index in [1.54, 1.807) is 0 Å². The van der Waals surface area contributed by atoms with Crippen molar-refractivity contribution >= 4 is 81.1 Å². The minimum absolute atomic E-state index is 0.462. The lowest BCUT2D eigenvalue weighted by Crippen LogP contribution is -2.26. The molecule has 1 spiro atoms. The van der Waals surface area contributed by atoms with Gasteiger partial charge >= 0.3 is 0 Å². The third-order valence-corrected chi connectivity index (χ3v) is 17.0. The molecular weight excluding hydrogens is 917 g/mol. The lowest BCUT2D eigenvalue weighted by molar-refractivity contribution is 0.793. The molecule has 0 radical (unpaired) electrons. The molecule has 3 aromatic heterocycles. The number of hydrogen-bond acceptors (Lipinski definition) is 4. The summed E-state index contributed by atoms with van der Waals surface area (Å²) in [5.74, 6) is 0.638. The van der Waals surface area contributed by atoms with Gasteiger partial charge in [-0.1, -0.05) is 200 Å². The average molecular weight is 959 g/mol. The van der Waals surface area contributed by atoms with Gasteiger partial charge in [0.1, 0.15) is 0 Å². The molecule has 5 heteroatoms. The predicted molar refractivity (Wildman–Crippen MR) is 309 cm³/mol. The highest BCUT2D eigenvalue weighted by atomic mass is 32.1.